The summed E-state index contributed by atoms with van der Waals surface area (Å²) in [5.74, 6) is 0.894. The molecule has 0 spiro atoms. The van der Waals surface area contributed by atoms with Gasteiger partial charge in [-0.2, -0.15) is 0 Å². The van der Waals surface area contributed by atoms with Gasteiger partial charge in [-0.15, -0.1) is 0 Å². The zero-order chi connectivity index (χ0) is 14.7. The first-order valence-electron chi connectivity index (χ1n) is 7.01. The molecular weight excluding hydrogens is 286 g/mol. The number of benzene rings is 2. The highest BCUT2D eigenvalue weighted by Gasteiger charge is 2.22. The Balaban J connectivity index is 1.69. The zero-order valence-corrected chi connectivity index (χ0v) is 12.3. The lowest BCUT2D eigenvalue weighted by Gasteiger charge is -2.29. The van der Waals surface area contributed by atoms with Crippen LogP contribution in [0.3, 0.4) is 0 Å². The lowest BCUT2D eigenvalue weighted by atomic mass is 10.1. The molecular formula is C17H16ClNO2. The van der Waals surface area contributed by atoms with Crippen molar-refractivity contribution in [2.24, 2.45) is 0 Å². The molecule has 3 rings (SSSR count). The second-order valence-electron chi connectivity index (χ2n) is 4.99. The van der Waals surface area contributed by atoms with Crippen LogP contribution in [0.4, 0.5) is 5.69 Å². The van der Waals surface area contributed by atoms with Gasteiger partial charge in [-0.3, -0.25) is 4.79 Å². The molecule has 0 bridgehead atoms. The average molecular weight is 302 g/mol. The molecule has 3 nitrogen and oxygen atoms in total. The van der Waals surface area contributed by atoms with E-state index in [1.54, 1.807) is 0 Å². The maximum Gasteiger partial charge on any atom is 0.227 e. The van der Waals surface area contributed by atoms with E-state index in [4.69, 9.17) is 16.3 Å². The van der Waals surface area contributed by atoms with Crippen molar-refractivity contribution in [2.75, 3.05) is 18.1 Å². The number of fused-ring (bicyclic) bond motifs is 1. The van der Waals surface area contributed by atoms with E-state index in [0.29, 0.717) is 31.0 Å². The van der Waals surface area contributed by atoms with Crippen LogP contribution in [-0.4, -0.2) is 19.1 Å². The van der Waals surface area contributed by atoms with E-state index in [1.807, 2.05) is 53.4 Å². The first kappa shape index (κ1) is 14.0. The van der Waals surface area contributed by atoms with Crippen LogP contribution < -0.4 is 9.64 Å². The van der Waals surface area contributed by atoms with E-state index in [-0.39, 0.29) is 5.91 Å². The summed E-state index contributed by atoms with van der Waals surface area (Å²) < 4.78 is 5.57. The molecule has 0 unspecified atom stereocenters. The molecule has 0 saturated carbocycles. The largest absolute Gasteiger partial charge is 0.490 e. The van der Waals surface area contributed by atoms with Gasteiger partial charge in [-0.25, -0.2) is 0 Å². The third kappa shape index (κ3) is 3.19. The molecule has 2 aromatic rings. The normalized spacial score (nSPS) is 13.5. The molecule has 0 aliphatic carbocycles. The number of nitrogens with zero attached hydrogens (tertiary/aromatic N) is 1. The van der Waals surface area contributed by atoms with Crippen molar-refractivity contribution in [1.29, 1.82) is 0 Å². The molecule has 1 amide bonds. The van der Waals surface area contributed by atoms with E-state index >= 15 is 0 Å². The Labute approximate surface area is 129 Å². The third-order valence-electron chi connectivity index (χ3n) is 3.55. The molecule has 1 heterocycles. The van der Waals surface area contributed by atoms with Crippen molar-refractivity contribution < 1.29 is 9.53 Å². The van der Waals surface area contributed by atoms with Gasteiger partial charge in [0.05, 0.1) is 12.2 Å². The number of hydrogen-bond donors (Lipinski definition) is 0. The fourth-order valence-corrected chi connectivity index (χ4v) is 2.72. The molecule has 1 aliphatic heterocycles. The van der Waals surface area contributed by atoms with Crippen molar-refractivity contribution in [3.05, 3.63) is 59.1 Å². The number of halogens is 1. The van der Waals surface area contributed by atoms with E-state index in [0.717, 1.165) is 17.0 Å². The van der Waals surface area contributed by atoms with Crippen LogP contribution in [0.5, 0.6) is 5.75 Å². The van der Waals surface area contributed by atoms with Gasteiger partial charge < -0.3 is 9.64 Å². The molecule has 1 aliphatic rings. The highest BCUT2D eigenvalue weighted by Crippen LogP contribution is 2.31. The van der Waals surface area contributed by atoms with Gasteiger partial charge in [0.25, 0.3) is 0 Å². The standard InChI is InChI=1S/C17H16ClNO2/c18-14-5-3-4-13(12-14)8-9-17(20)19-10-11-21-16-7-2-1-6-15(16)19/h1-7,12H,8-11H2. The number of aryl methyl sites for hydroxylation is 1. The van der Waals surface area contributed by atoms with Crippen LogP contribution in [0.15, 0.2) is 48.5 Å². The van der Waals surface area contributed by atoms with E-state index in [2.05, 4.69) is 0 Å². The summed E-state index contributed by atoms with van der Waals surface area (Å²) in [5.41, 5.74) is 1.94. The van der Waals surface area contributed by atoms with Gasteiger partial charge in [0.2, 0.25) is 5.91 Å². The summed E-state index contributed by atoms with van der Waals surface area (Å²) >= 11 is 5.96. The highest BCUT2D eigenvalue weighted by molar-refractivity contribution is 6.30. The summed E-state index contributed by atoms with van der Waals surface area (Å²) in [5, 5.41) is 0.705. The monoisotopic (exact) mass is 301 g/mol. The van der Waals surface area contributed by atoms with E-state index in [9.17, 15) is 4.79 Å². The molecule has 4 heteroatoms. The fraction of sp³-hybridized carbons (Fsp3) is 0.235. The van der Waals surface area contributed by atoms with Crippen molar-refractivity contribution >= 4 is 23.2 Å². The second-order valence-corrected chi connectivity index (χ2v) is 5.43. The SMILES string of the molecule is O=C(CCc1cccc(Cl)c1)N1CCOc2ccccc21. The van der Waals surface area contributed by atoms with E-state index < -0.39 is 0 Å². The maximum atomic E-state index is 12.5. The number of anilines is 1. The summed E-state index contributed by atoms with van der Waals surface area (Å²) in [7, 11) is 0. The van der Waals surface area contributed by atoms with Crippen LogP contribution in [0.1, 0.15) is 12.0 Å². The number of para-hydroxylation sites is 2. The average Bonchev–Trinajstić information content (AvgIpc) is 2.52. The molecule has 2 aromatic carbocycles. The topological polar surface area (TPSA) is 29.5 Å². The Morgan fingerprint density at radius 1 is 1.19 bits per heavy atom. The first-order valence-corrected chi connectivity index (χ1v) is 7.38. The molecule has 0 aromatic heterocycles. The predicted octanol–water partition coefficient (Wildman–Crippen LogP) is 3.70. The summed E-state index contributed by atoms with van der Waals surface area (Å²) in [4.78, 5) is 14.3. The van der Waals surface area contributed by atoms with Gasteiger partial charge in [0.1, 0.15) is 12.4 Å². The number of ether oxygens (including phenoxy) is 1. The minimum Gasteiger partial charge on any atom is -0.490 e. The lowest BCUT2D eigenvalue weighted by Crippen LogP contribution is -2.38. The van der Waals surface area contributed by atoms with Gasteiger partial charge in [0.15, 0.2) is 0 Å². The summed E-state index contributed by atoms with van der Waals surface area (Å²) in [6, 6.07) is 15.3. The Morgan fingerprint density at radius 3 is 2.90 bits per heavy atom. The Kier molecular flexibility index (Phi) is 4.11. The Hall–Kier alpha value is -2.00. The predicted molar refractivity (Wildman–Crippen MR) is 84.1 cm³/mol. The lowest BCUT2D eigenvalue weighted by molar-refractivity contribution is -0.118. The van der Waals surface area contributed by atoms with Gasteiger partial charge in [0, 0.05) is 11.4 Å². The van der Waals surface area contributed by atoms with Crippen molar-refractivity contribution in [3.8, 4) is 5.75 Å². The van der Waals surface area contributed by atoms with E-state index in [1.165, 1.54) is 0 Å². The van der Waals surface area contributed by atoms with Crippen molar-refractivity contribution in [3.63, 3.8) is 0 Å². The highest BCUT2D eigenvalue weighted by atomic mass is 35.5. The van der Waals surface area contributed by atoms with Crippen molar-refractivity contribution in [2.45, 2.75) is 12.8 Å². The minimum absolute atomic E-state index is 0.116. The summed E-state index contributed by atoms with van der Waals surface area (Å²) in [6.07, 6.45) is 1.16. The van der Waals surface area contributed by atoms with Crippen LogP contribution in [0.25, 0.3) is 0 Å². The smallest absolute Gasteiger partial charge is 0.227 e. The Bertz CT molecular complexity index is 657. The van der Waals surface area contributed by atoms with Crippen LogP contribution in [-0.2, 0) is 11.2 Å². The fourth-order valence-electron chi connectivity index (χ4n) is 2.51. The molecule has 0 N–H and O–H groups in total. The maximum absolute atomic E-state index is 12.5. The van der Waals surface area contributed by atoms with Gasteiger partial charge >= 0.3 is 0 Å². The van der Waals surface area contributed by atoms with Gasteiger partial charge in [-0.05, 0) is 36.2 Å². The number of amides is 1. The van der Waals surface area contributed by atoms with Crippen LogP contribution >= 0.6 is 11.6 Å². The first-order chi connectivity index (χ1) is 10.2. The number of carbonyl (C=O) groups is 1. The molecule has 21 heavy (non-hydrogen) atoms. The number of hydrogen-bond acceptors (Lipinski definition) is 2. The molecule has 0 fully saturated rings. The van der Waals surface area contributed by atoms with Crippen LogP contribution in [0, 0.1) is 0 Å². The number of carbonyl (C=O) groups excluding carboxylic acids is 1. The quantitative estimate of drug-likeness (QED) is 0.865. The molecule has 0 saturated heterocycles. The molecule has 108 valence electrons. The summed E-state index contributed by atoms with van der Waals surface area (Å²) in [6.45, 7) is 1.14. The number of rotatable bonds is 3. The van der Waals surface area contributed by atoms with Gasteiger partial charge in [-0.1, -0.05) is 35.9 Å². The Morgan fingerprint density at radius 2 is 2.05 bits per heavy atom. The zero-order valence-electron chi connectivity index (χ0n) is 11.6. The van der Waals surface area contributed by atoms with Crippen molar-refractivity contribution in [1.82, 2.24) is 0 Å². The molecule has 0 atom stereocenters. The van der Waals surface area contributed by atoms with Crippen LogP contribution in [0.2, 0.25) is 5.02 Å². The molecule has 0 radical (unpaired) electrons. The minimum atomic E-state index is 0.116. The third-order valence-corrected chi connectivity index (χ3v) is 3.78. The second kappa shape index (κ2) is 6.19.